The van der Waals surface area contributed by atoms with Crippen LogP contribution in [0.4, 0.5) is 0 Å². The van der Waals surface area contributed by atoms with Crippen LogP contribution in [-0.2, 0) is 10.0 Å². The summed E-state index contributed by atoms with van der Waals surface area (Å²) in [4.78, 5) is 0.187. The highest BCUT2D eigenvalue weighted by molar-refractivity contribution is 7.89. The largest absolute Gasteiger partial charge is 0.389 e. The van der Waals surface area contributed by atoms with Crippen LogP contribution in [-0.4, -0.2) is 30.3 Å². The first-order valence-electron chi connectivity index (χ1n) is 6.68. The van der Waals surface area contributed by atoms with Gasteiger partial charge in [-0.3, -0.25) is 0 Å². The topological polar surface area (TPSA) is 63.4 Å². The molecule has 21 heavy (non-hydrogen) atoms. The number of halogens is 1. The number of sulfonamides is 1. The van der Waals surface area contributed by atoms with Crippen molar-refractivity contribution in [3.63, 3.8) is 0 Å². The van der Waals surface area contributed by atoms with Crippen molar-refractivity contribution in [1.82, 2.24) is 4.31 Å². The summed E-state index contributed by atoms with van der Waals surface area (Å²) in [6.45, 7) is 8.04. The van der Waals surface area contributed by atoms with Crippen LogP contribution in [0.3, 0.4) is 0 Å². The lowest BCUT2D eigenvalue weighted by molar-refractivity contribution is 0.319. The van der Waals surface area contributed by atoms with E-state index in [0.717, 1.165) is 0 Å². The van der Waals surface area contributed by atoms with E-state index >= 15 is 0 Å². The van der Waals surface area contributed by atoms with Crippen LogP contribution < -0.4 is 5.73 Å². The second kappa shape index (κ2) is 7.05. The fraction of sp³-hybridized carbons (Fsp3) is 0.500. The molecular weight excluding hydrogens is 328 g/mol. The summed E-state index contributed by atoms with van der Waals surface area (Å²) in [6.07, 6.45) is 0. The first-order chi connectivity index (χ1) is 9.57. The zero-order valence-electron chi connectivity index (χ0n) is 12.6. The van der Waals surface area contributed by atoms with E-state index in [1.165, 1.54) is 16.4 Å². The number of benzene rings is 1. The second-order valence-electron chi connectivity index (χ2n) is 5.57. The van der Waals surface area contributed by atoms with Crippen LogP contribution in [0.5, 0.6) is 0 Å². The number of hydrogen-bond acceptors (Lipinski definition) is 3. The summed E-state index contributed by atoms with van der Waals surface area (Å²) in [5.41, 5.74) is 6.06. The van der Waals surface area contributed by atoms with E-state index < -0.39 is 10.0 Å². The predicted octanol–water partition coefficient (Wildman–Crippen LogP) is 3.03. The van der Waals surface area contributed by atoms with E-state index in [9.17, 15) is 8.42 Å². The number of nitrogens with two attached hydrogens (primary N) is 1. The number of thiocarbonyl (C=S) groups is 1. The van der Waals surface area contributed by atoms with Gasteiger partial charge in [-0.05, 0) is 31.9 Å². The Morgan fingerprint density at radius 3 is 2.33 bits per heavy atom. The van der Waals surface area contributed by atoms with Gasteiger partial charge in [0.05, 0.1) is 5.02 Å². The highest BCUT2D eigenvalue weighted by atomic mass is 35.5. The van der Waals surface area contributed by atoms with Gasteiger partial charge in [-0.2, -0.15) is 4.31 Å². The third-order valence-corrected chi connectivity index (χ3v) is 5.68. The molecule has 0 fully saturated rings. The van der Waals surface area contributed by atoms with Crippen molar-refractivity contribution in [3.8, 4) is 0 Å². The summed E-state index contributed by atoms with van der Waals surface area (Å²) in [6, 6.07) is 4.40. The maximum Gasteiger partial charge on any atom is 0.244 e. The molecule has 1 aromatic carbocycles. The Morgan fingerprint density at radius 2 is 1.90 bits per heavy atom. The van der Waals surface area contributed by atoms with Crippen LogP contribution >= 0.6 is 23.8 Å². The molecule has 1 rings (SSSR count). The number of hydrogen-bond donors (Lipinski definition) is 1. The molecule has 0 amide bonds. The van der Waals surface area contributed by atoms with Gasteiger partial charge < -0.3 is 5.73 Å². The number of rotatable bonds is 6. The maximum atomic E-state index is 12.9. The fourth-order valence-corrected chi connectivity index (χ4v) is 4.36. The maximum absolute atomic E-state index is 12.9. The van der Waals surface area contributed by atoms with Gasteiger partial charge in [0.15, 0.2) is 0 Å². The summed E-state index contributed by atoms with van der Waals surface area (Å²) in [7, 11) is -3.70. The lowest BCUT2D eigenvalue weighted by Crippen LogP contribution is -2.39. The molecule has 0 saturated carbocycles. The van der Waals surface area contributed by atoms with Crippen LogP contribution in [0.1, 0.15) is 33.3 Å². The quantitative estimate of drug-likeness (QED) is 0.802. The Labute approximate surface area is 137 Å². The first kappa shape index (κ1) is 18.4. The molecule has 0 saturated heterocycles. The molecule has 4 nitrogen and oxygen atoms in total. The predicted molar refractivity (Wildman–Crippen MR) is 91.2 cm³/mol. The van der Waals surface area contributed by atoms with Gasteiger partial charge in [-0.25, -0.2) is 8.42 Å². The molecule has 0 aromatic heterocycles. The van der Waals surface area contributed by atoms with Gasteiger partial charge >= 0.3 is 0 Å². The molecule has 0 radical (unpaired) electrons. The Morgan fingerprint density at radius 1 is 1.33 bits per heavy atom. The third-order valence-electron chi connectivity index (χ3n) is 2.92. The summed E-state index contributed by atoms with van der Waals surface area (Å²) < 4.78 is 27.2. The van der Waals surface area contributed by atoms with Gasteiger partial charge in [0, 0.05) is 18.2 Å². The lowest BCUT2D eigenvalue weighted by atomic mass is 10.2. The zero-order valence-corrected chi connectivity index (χ0v) is 15.0. The van der Waals surface area contributed by atoms with E-state index in [0.29, 0.717) is 12.1 Å². The van der Waals surface area contributed by atoms with Crippen molar-refractivity contribution < 1.29 is 8.42 Å². The molecule has 0 aliphatic heterocycles. The smallest absolute Gasteiger partial charge is 0.244 e. The molecule has 0 aliphatic rings. The molecule has 0 spiro atoms. The minimum atomic E-state index is -3.70. The summed E-state index contributed by atoms with van der Waals surface area (Å²) in [5.74, 6) is 0.208. The van der Waals surface area contributed by atoms with Crippen molar-refractivity contribution in [2.75, 3.05) is 6.54 Å². The molecule has 0 atom stereocenters. The molecule has 0 aliphatic carbocycles. The minimum Gasteiger partial charge on any atom is -0.389 e. The van der Waals surface area contributed by atoms with Crippen molar-refractivity contribution >= 4 is 38.8 Å². The van der Waals surface area contributed by atoms with Gasteiger partial charge in [-0.1, -0.05) is 43.7 Å². The van der Waals surface area contributed by atoms with Crippen LogP contribution in [0.25, 0.3) is 0 Å². The normalized spacial score (nSPS) is 12.4. The van der Waals surface area contributed by atoms with E-state index in [4.69, 9.17) is 29.6 Å². The molecule has 2 N–H and O–H groups in total. The number of nitrogens with zero attached hydrogens (tertiary/aromatic N) is 1. The summed E-state index contributed by atoms with van der Waals surface area (Å²) in [5, 5.41) is 0.171. The highest BCUT2D eigenvalue weighted by Crippen LogP contribution is 2.27. The van der Waals surface area contributed by atoms with Gasteiger partial charge in [0.2, 0.25) is 10.0 Å². The second-order valence-corrected chi connectivity index (χ2v) is 8.28. The average molecular weight is 349 g/mol. The van der Waals surface area contributed by atoms with Crippen LogP contribution in [0.2, 0.25) is 5.02 Å². The van der Waals surface area contributed by atoms with Crippen molar-refractivity contribution in [3.05, 3.63) is 28.8 Å². The molecule has 1 aromatic rings. The first-order valence-corrected chi connectivity index (χ1v) is 8.91. The SMILES string of the molecule is CC(C)CN(C(C)C)S(=O)(=O)c1cc(C(N)=S)ccc1Cl. The molecule has 0 unspecified atom stereocenters. The summed E-state index contributed by atoms with van der Waals surface area (Å²) >= 11 is 11.0. The standard InChI is InChI=1S/C14H21ClN2O2S2/c1-9(2)8-17(10(3)4)21(18,19)13-7-11(14(16)20)5-6-12(13)15/h5-7,9-10H,8H2,1-4H3,(H2,16,20). The van der Waals surface area contributed by atoms with Gasteiger partial charge in [0.25, 0.3) is 0 Å². The minimum absolute atomic E-state index is 0.0452. The van der Waals surface area contributed by atoms with E-state index in [1.807, 2.05) is 27.7 Å². The Hall–Kier alpha value is -0.690. The van der Waals surface area contributed by atoms with Crippen LogP contribution in [0.15, 0.2) is 23.1 Å². The molecule has 0 bridgehead atoms. The lowest BCUT2D eigenvalue weighted by Gasteiger charge is -2.28. The van der Waals surface area contributed by atoms with Crippen molar-refractivity contribution in [2.45, 2.75) is 38.6 Å². The van der Waals surface area contributed by atoms with Gasteiger partial charge in [0.1, 0.15) is 9.88 Å². The molecule has 7 heteroatoms. The van der Waals surface area contributed by atoms with Crippen LogP contribution in [0, 0.1) is 5.92 Å². The van der Waals surface area contributed by atoms with E-state index in [2.05, 4.69) is 0 Å². The molecule has 0 heterocycles. The monoisotopic (exact) mass is 348 g/mol. The van der Waals surface area contributed by atoms with Crippen molar-refractivity contribution in [1.29, 1.82) is 0 Å². The van der Waals surface area contributed by atoms with Gasteiger partial charge in [-0.15, -0.1) is 0 Å². The fourth-order valence-electron chi connectivity index (χ4n) is 1.93. The van der Waals surface area contributed by atoms with E-state index in [1.54, 1.807) is 6.07 Å². The molecule has 118 valence electrons. The van der Waals surface area contributed by atoms with Crippen molar-refractivity contribution in [2.24, 2.45) is 11.7 Å². The highest BCUT2D eigenvalue weighted by Gasteiger charge is 2.29. The Balaban J connectivity index is 3.40. The average Bonchev–Trinajstić information content (AvgIpc) is 2.35. The molecular formula is C14H21ClN2O2S2. The third kappa shape index (κ3) is 4.39. The van der Waals surface area contributed by atoms with E-state index in [-0.39, 0.29) is 26.9 Å². The zero-order chi connectivity index (χ0) is 16.4. The Bertz CT molecular complexity index is 628. The Kier molecular flexibility index (Phi) is 6.16.